The maximum absolute atomic E-state index is 14.2. The van der Waals surface area contributed by atoms with Crippen LogP contribution < -0.4 is 0 Å². The molecule has 0 heterocycles. The molecule has 5 heteroatoms. The summed E-state index contributed by atoms with van der Waals surface area (Å²) < 4.78 is 33.6. The van der Waals surface area contributed by atoms with Gasteiger partial charge < -0.3 is 4.74 Å². The summed E-state index contributed by atoms with van der Waals surface area (Å²) in [5, 5.41) is 0.463. The Morgan fingerprint density at radius 2 is 1.75 bits per heavy atom. The molecule has 0 spiro atoms. The molecule has 0 saturated heterocycles. The fourth-order valence-corrected chi connectivity index (χ4v) is 3.69. The van der Waals surface area contributed by atoms with Gasteiger partial charge in [0.05, 0.1) is 12.0 Å². The van der Waals surface area contributed by atoms with Crippen molar-refractivity contribution in [1.29, 1.82) is 0 Å². The van der Waals surface area contributed by atoms with Crippen molar-refractivity contribution in [2.45, 2.75) is 30.6 Å². The standard InChI is InChI=1S/C19H17ClF2O2/c1-2-24-17(23)19(13-6-4-3-5-7-13)12-18(19,16(21)22)14-8-10-15(20)11-9-14/h3-11,16H,2,12H2,1H3/t18-,19+/m0/s1. The second-order valence-electron chi connectivity index (χ2n) is 5.95. The highest BCUT2D eigenvalue weighted by Gasteiger charge is 2.78. The molecule has 3 rings (SSSR count). The van der Waals surface area contributed by atoms with E-state index in [4.69, 9.17) is 16.3 Å². The Balaban J connectivity index is 2.16. The van der Waals surface area contributed by atoms with Crippen LogP contribution in [0.3, 0.4) is 0 Å². The molecule has 0 amide bonds. The molecule has 0 bridgehead atoms. The van der Waals surface area contributed by atoms with Gasteiger partial charge in [-0.3, -0.25) is 4.79 Å². The summed E-state index contributed by atoms with van der Waals surface area (Å²) in [6, 6.07) is 15.0. The van der Waals surface area contributed by atoms with Crippen molar-refractivity contribution in [3.63, 3.8) is 0 Å². The van der Waals surface area contributed by atoms with Gasteiger partial charge in [-0.1, -0.05) is 54.1 Å². The summed E-state index contributed by atoms with van der Waals surface area (Å²) >= 11 is 5.88. The zero-order valence-electron chi connectivity index (χ0n) is 13.1. The van der Waals surface area contributed by atoms with Gasteiger partial charge in [0.25, 0.3) is 0 Å². The Morgan fingerprint density at radius 1 is 1.12 bits per heavy atom. The van der Waals surface area contributed by atoms with Gasteiger partial charge in [0.1, 0.15) is 5.41 Å². The molecule has 24 heavy (non-hydrogen) atoms. The number of benzene rings is 2. The van der Waals surface area contributed by atoms with E-state index in [9.17, 15) is 13.6 Å². The van der Waals surface area contributed by atoms with Crippen LogP contribution in [0, 0.1) is 0 Å². The van der Waals surface area contributed by atoms with E-state index in [1.165, 1.54) is 0 Å². The van der Waals surface area contributed by atoms with Crippen LogP contribution in [0.1, 0.15) is 24.5 Å². The lowest BCUT2D eigenvalue weighted by atomic mass is 9.81. The minimum Gasteiger partial charge on any atom is -0.465 e. The maximum Gasteiger partial charge on any atom is 0.317 e. The van der Waals surface area contributed by atoms with E-state index in [-0.39, 0.29) is 13.0 Å². The molecule has 2 aromatic rings. The van der Waals surface area contributed by atoms with Crippen molar-refractivity contribution >= 4 is 17.6 Å². The molecule has 1 fully saturated rings. The van der Waals surface area contributed by atoms with Gasteiger partial charge in [0.15, 0.2) is 0 Å². The lowest BCUT2D eigenvalue weighted by Crippen LogP contribution is -2.36. The van der Waals surface area contributed by atoms with Crippen molar-refractivity contribution in [2.24, 2.45) is 0 Å². The molecule has 2 aromatic carbocycles. The summed E-state index contributed by atoms with van der Waals surface area (Å²) in [5.41, 5.74) is -2.00. The van der Waals surface area contributed by atoms with Crippen molar-refractivity contribution < 1.29 is 18.3 Å². The molecule has 1 saturated carbocycles. The molecule has 126 valence electrons. The van der Waals surface area contributed by atoms with Crippen LogP contribution in [-0.4, -0.2) is 19.0 Å². The van der Waals surface area contributed by atoms with Gasteiger partial charge in [-0.15, -0.1) is 0 Å². The lowest BCUT2D eigenvalue weighted by molar-refractivity contribution is -0.147. The number of rotatable bonds is 5. The second kappa shape index (κ2) is 6.17. The van der Waals surface area contributed by atoms with Crippen molar-refractivity contribution in [3.8, 4) is 0 Å². The highest BCUT2D eigenvalue weighted by Crippen LogP contribution is 2.68. The molecule has 2 nitrogen and oxygen atoms in total. The molecular weight excluding hydrogens is 334 g/mol. The van der Waals surface area contributed by atoms with Crippen LogP contribution in [-0.2, 0) is 20.4 Å². The molecule has 2 atom stereocenters. The van der Waals surface area contributed by atoms with Crippen LogP contribution >= 0.6 is 11.6 Å². The molecule has 0 N–H and O–H groups in total. The number of esters is 1. The zero-order valence-corrected chi connectivity index (χ0v) is 13.9. The number of hydrogen-bond acceptors (Lipinski definition) is 2. The first kappa shape index (κ1) is 16.9. The third-order valence-electron chi connectivity index (χ3n) is 4.80. The minimum atomic E-state index is -2.71. The summed E-state index contributed by atoms with van der Waals surface area (Å²) in [7, 11) is 0. The van der Waals surface area contributed by atoms with E-state index in [1.54, 1.807) is 61.5 Å². The number of ether oxygens (including phenoxy) is 1. The molecule has 1 aliphatic carbocycles. The van der Waals surface area contributed by atoms with Gasteiger partial charge in [-0.25, -0.2) is 8.78 Å². The van der Waals surface area contributed by atoms with E-state index in [0.29, 0.717) is 16.1 Å². The average Bonchev–Trinajstić information content (AvgIpc) is 3.30. The number of carbonyl (C=O) groups is 1. The van der Waals surface area contributed by atoms with E-state index < -0.39 is 23.2 Å². The predicted octanol–water partition coefficient (Wildman–Crippen LogP) is 4.75. The first-order valence-electron chi connectivity index (χ1n) is 7.76. The Bertz CT molecular complexity index is 733. The molecule has 1 aliphatic rings. The van der Waals surface area contributed by atoms with E-state index in [1.807, 2.05) is 0 Å². The largest absolute Gasteiger partial charge is 0.465 e. The normalized spacial score (nSPS) is 25.5. The number of hydrogen-bond donors (Lipinski definition) is 0. The molecular formula is C19H17ClF2O2. The summed E-state index contributed by atoms with van der Waals surface area (Å²) in [6.07, 6.45) is -2.69. The second-order valence-corrected chi connectivity index (χ2v) is 6.38. The lowest BCUT2D eigenvalue weighted by Gasteiger charge is -2.25. The first-order chi connectivity index (χ1) is 11.5. The van der Waals surface area contributed by atoms with Gasteiger partial charge in [0.2, 0.25) is 6.43 Å². The molecule has 0 aromatic heterocycles. The maximum atomic E-state index is 14.2. The smallest absolute Gasteiger partial charge is 0.317 e. The average molecular weight is 351 g/mol. The van der Waals surface area contributed by atoms with Crippen LogP contribution in [0.25, 0.3) is 0 Å². The van der Waals surface area contributed by atoms with E-state index in [0.717, 1.165) is 0 Å². The van der Waals surface area contributed by atoms with E-state index >= 15 is 0 Å². The predicted molar refractivity (Wildman–Crippen MR) is 88.5 cm³/mol. The third-order valence-corrected chi connectivity index (χ3v) is 5.05. The van der Waals surface area contributed by atoms with E-state index in [2.05, 4.69) is 0 Å². The van der Waals surface area contributed by atoms with Gasteiger partial charge in [-0.2, -0.15) is 0 Å². The molecule has 0 aliphatic heterocycles. The van der Waals surface area contributed by atoms with Crippen LogP contribution in [0.2, 0.25) is 5.02 Å². The third kappa shape index (κ3) is 2.32. The van der Waals surface area contributed by atoms with Gasteiger partial charge in [0, 0.05) is 5.02 Å². The van der Waals surface area contributed by atoms with Crippen molar-refractivity contribution in [1.82, 2.24) is 0 Å². The van der Waals surface area contributed by atoms with Crippen LogP contribution in [0.5, 0.6) is 0 Å². The fraction of sp³-hybridized carbons (Fsp3) is 0.316. The minimum absolute atomic E-state index is 0.0160. The molecule has 0 unspecified atom stereocenters. The summed E-state index contributed by atoms with van der Waals surface area (Å²) in [6.45, 7) is 1.82. The van der Waals surface area contributed by atoms with Crippen molar-refractivity contribution in [3.05, 3.63) is 70.7 Å². The van der Waals surface area contributed by atoms with Crippen molar-refractivity contribution in [2.75, 3.05) is 6.61 Å². The highest BCUT2D eigenvalue weighted by molar-refractivity contribution is 6.30. The zero-order chi connectivity index (χ0) is 17.4. The number of carbonyl (C=O) groups excluding carboxylic acids is 1. The Labute approximate surface area is 144 Å². The quantitative estimate of drug-likeness (QED) is 0.727. The SMILES string of the molecule is CCOC(=O)[C@]1(c2ccccc2)C[C@]1(c1ccc(Cl)cc1)C(F)F. The highest BCUT2D eigenvalue weighted by atomic mass is 35.5. The Kier molecular flexibility index (Phi) is 4.35. The van der Waals surface area contributed by atoms with Crippen LogP contribution in [0.4, 0.5) is 8.78 Å². The summed E-state index contributed by atoms with van der Waals surface area (Å²) in [5.74, 6) is -0.605. The van der Waals surface area contributed by atoms with Crippen LogP contribution in [0.15, 0.2) is 54.6 Å². The number of halogens is 3. The number of alkyl halides is 2. The first-order valence-corrected chi connectivity index (χ1v) is 8.14. The summed E-state index contributed by atoms with van der Waals surface area (Å²) in [4.78, 5) is 12.7. The Hall–Kier alpha value is -1.94. The topological polar surface area (TPSA) is 26.3 Å². The monoisotopic (exact) mass is 350 g/mol. The van der Waals surface area contributed by atoms with Gasteiger partial charge in [-0.05, 0) is 36.6 Å². The molecule has 0 radical (unpaired) electrons. The fourth-order valence-electron chi connectivity index (χ4n) is 3.57. The Morgan fingerprint density at radius 3 is 2.29 bits per heavy atom. The van der Waals surface area contributed by atoms with Gasteiger partial charge >= 0.3 is 5.97 Å².